The lowest BCUT2D eigenvalue weighted by Crippen LogP contribution is -2.08. The highest BCUT2D eigenvalue weighted by Gasteiger charge is 2.09. The van der Waals surface area contributed by atoms with E-state index in [9.17, 15) is 8.78 Å². The molecule has 0 aliphatic heterocycles. The van der Waals surface area contributed by atoms with Gasteiger partial charge in [0.2, 0.25) is 0 Å². The first-order chi connectivity index (χ1) is 8.56. The molecule has 5 nitrogen and oxygen atoms in total. The van der Waals surface area contributed by atoms with E-state index in [2.05, 4.69) is 20.3 Å². The van der Waals surface area contributed by atoms with Crippen molar-refractivity contribution >= 4 is 11.6 Å². The largest absolute Gasteiger partial charge is 0.381 e. The predicted octanol–water partition coefficient (Wildman–Crippen LogP) is 1.65. The number of aromatic nitrogens is 3. The van der Waals surface area contributed by atoms with Gasteiger partial charge in [-0.05, 0) is 6.92 Å². The van der Waals surface area contributed by atoms with Crippen molar-refractivity contribution in [1.82, 2.24) is 15.0 Å². The SMILES string of the molecule is Cc1cnc(CNc2nc(N)c(F)cc2F)cn1. The fourth-order valence-corrected chi connectivity index (χ4v) is 1.29. The number of nitrogens with one attached hydrogen (secondary N) is 1. The smallest absolute Gasteiger partial charge is 0.168 e. The van der Waals surface area contributed by atoms with Crippen LogP contribution >= 0.6 is 0 Å². The average Bonchev–Trinajstić information content (AvgIpc) is 2.34. The van der Waals surface area contributed by atoms with Crippen LogP contribution in [0.15, 0.2) is 18.5 Å². The Morgan fingerprint density at radius 1 is 1.22 bits per heavy atom. The minimum atomic E-state index is -0.881. The van der Waals surface area contributed by atoms with Crippen molar-refractivity contribution < 1.29 is 8.78 Å². The maximum absolute atomic E-state index is 13.3. The van der Waals surface area contributed by atoms with Gasteiger partial charge in [0.1, 0.15) is 0 Å². The van der Waals surface area contributed by atoms with Gasteiger partial charge in [-0.3, -0.25) is 9.97 Å². The van der Waals surface area contributed by atoms with Gasteiger partial charge in [-0.25, -0.2) is 13.8 Å². The quantitative estimate of drug-likeness (QED) is 0.867. The van der Waals surface area contributed by atoms with Gasteiger partial charge in [-0.1, -0.05) is 0 Å². The van der Waals surface area contributed by atoms with Gasteiger partial charge in [0.25, 0.3) is 0 Å². The second-order valence-corrected chi connectivity index (χ2v) is 3.69. The molecule has 0 saturated carbocycles. The highest BCUT2D eigenvalue weighted by atomic mass is 19.1. The summed E-state index contributed by atoms with van der Waals surface area (Å²) in [4.78, 5) is 11.7. The molecule has 0 aromatic carbocycles. The van der Waals surface area contributed by atoms with Crippen LogP contribution in [0.4, 0.5) is 20.4 Å². The molecule has 94 valence electrons. The third kappa shape index (κ3) is 2.68. The number of aryl methyl sites for hydroxylation is 1. The summed E-state index contributed by atoms with van der Waals surface area (Å²) in [7, 11) is 0. The summed E-state index contributed by atoms with van der Waals surface area (Å²) in [6.07, 6.45) is 3.16. The highest BCUT2D eigenvalue weighted by molar-refractivity contribution is 5.44. The standard InChI is InChI=1S/C11H11F2N5/c1-6-3-16-7(4-15-6)5-17-11-9(13)2-8(12)10(14)18-11/h2-4H,5H2,1H3,(H3,14,17,18). The fourth-order valence-electron chi connectivity index (χ4n) is 1.29. The monoisotopic (exact) mass is 251 g/mol. The topological polar surface area (TPSA) is 76.7 Å². The lowest BCUT2D eigenvalue weighted by molar-refractivity contribution is 0.579. The number of halogens is 2. The lowest BCUT2D eigenvalue weighted by atomic mass is 10.3. The van der Waals surface area contributed by atoms with Gasteiger partial charge in [0.15, 0.2) is 23.3 Å². The first-order valence-corrected chi connectivity index (χ1v) is 5.19. The minimum absolute atomic E-state index is 0.115. The Balaban J connectivity index is 2.10. The average molecular weight is 251 g/mol. The molecule has 0 saturated heterocycles. The number of nitrogens with two attached hydrogens (primary N) is 1. The summed E-state index contributed by atoms with van der Waals surface area (Å²) >= 11 is 0. The van der Waals surface area contributed by atoms with Crippen LogP contribution < -0.4 is 11.1 Å². The molecule has 0 radical (unpaired) electrons. The highest BCUT2D eigenvalue weighted by Crippen LogP contribution is 2.16. The molecule has 7 heteroatoms. The zero-order valence-electron chi connectivity index (χ0n) is 9.61. The zero-order valence-corrected chi connectivity index (χ0v) is 9.61. The van der Waals surface area contributed by atoms with Crippen LogP contribution in [0.2, 0.25) is 0 Å². The van der Waals surface area contributed by atoms with Crippen molar-refractivity contribution in [3.8, 4) is 0 Å². The van der Waals surface area contributed by atoms with Gasteiger partial charge < -0.3 is 11.1 Å². The molecule has 2 heterocycles. The summed E-state index contributed by atoms with van der Waals surface area (Å²) in [5.41, 5.74) is 6.66. The van der Waals surface area contributed by atoms with E-state index in [1.165, 1.54) is 0 Å². The molecule has 2 aromatic heterocycles. The van der Waals surface area contributed by atoms with Crippen molar-refractivity contribution in [2.24, 2.45) is 0 Å². The van der Waals surface area contributed by atoms with Crippen molar-refractivity contribution in [3.05, 3.63) is 41.5 Å². The minimum Gasteiger partial charge on any atom is -0.381 e. The number of rotatable bonds is 3. The Bertz CT molecular complexity index is 556. The molecule has 0 aliphatic rings. The van der Waals surface area contributed by atoms with E-state index in [1.54, 1.807) is 12.4 Å². The van der Waals surface area contributed by atoms with Gasteiger partial charge >= 0.3 is 0 Å². The molecule has 0 amide bonds. The maximum atomic E-state index is 13.3. The first-order valence-electron chi connectivity index (χ1n) is 5.19. The van der Waals surface area contributed by atoms with E-state index in [1.807, 2.05) is 6.92 Å². The summed E-state index contributed by atoms with van der Waals surface area (Å²) < 4.78 is 26.2. The molecule has 18 heavy (non-hydrogen) atoms. The van der Waals surface area contributed by atoms with Gasteiger partial charge in [-0.2, -0.15) is 0 Å². The summed E-state index contributed by atoms with van der Waals surface area (Å²) in [5.74, 6) is -2.15. The molecule has 0 unspecified atom stereocenters. The van der Waals surface area contributed by atoms with E-state index >= 15 is 0 Å². The molecule has 0 aliphatic carbocycles. The Labute approximate surface area is 102 Å². The third-order valence-corrected chi connectivity index (χ3v) is 2.23. The van der Waals surface area contributed by atoms with Gasteiger partial charge in [0, 0.05) is 12.3 Å². The van der Waals surface area contributed by atoms with Crippen LogP contribution in [0.3, 0.4) is 0 Å². The van der Waals surface area contributed by atoms with E-state index in [4.69, 9.17) is 5.73 Å². The number of pyridine rings is 1. The summed E-state index contributed by atoms with van der Waals surface area (Å²) in [5, 5.41) is 2.68. The molecule has 2 rings (SSSR count). The van der Waals surface area contributed by atoms with E-state index in [-0.39, 0.29) is 18.2 Å². The molecule has 3 N–H and O–H groups in total. The Hall–Kier alpha value is -2.31. The summed E-state index contributed by atoms with van der Waals surface area (Å²) in [6.45, 7) is 2.04. The van der Waals surface area contributed by atoms with Crippen molar-refractivity contribution in [1.29, 1.82) is 0 Å². The molecule has 0 atom stereocenters. The van der Waals surface area contributed by atoms with Crippen LogP contribution in [-0.2, 0) is 6.54 Å². The predicted molar refractivity (Wildman–Crippen MR) is 62.7 cm³/mol. The number of hydrogen-bond acceptors (Lipinski definition) is 5. The van der Waals surface area contributed by atoms with Crippen molar-refractivity contribution in [2.45, 2.75) is 13.5 Å². The molecular weight excluding hydrogens is 240 g/mol. The van der Waals surface area contributed by atoms with Crippen LogP contribution in [0.25, 0.3) is 0 Å². The Morgan fingerprint density at radius 2 is 2.00 bits per heavy atom. The van der Waals surface area contributed by atoms with E-state index < -0.39 is 11.6 Å². The van der Waals surface area contributed by atoms with E-state index in [0.29, 0.717) is 11.8 Å². The van der Waals surface area contributed by atoms with E-state index in [0.717, 1.165) is 5.69 Å². The van der Waals surface area contributed by atoms with Gasteiger partial charge in [-0.15, -0.1) is 0 Å². The third-order valence-electron chi connectivity index (χ3n) is 2.23. The number of hydrogen-bond donors (Lipinski definition) is 2. The van der Waals surface area contributed by atoms with Crippen LogP contribution in [0.5, 0.6) is 0 Å². The van der Waals surface area contributed by atoms with Crippen LogP contribution in [0.1, 0.15) is 11.4 Å². The molecule has 0 fully saturated rings. The van der Waals surface area contributed by atoms with Crippen molar-refractivity contribution in [3.63, 3.8) is 0 Å². The molecular formula is C11H11F2N5. The second-order valence-electron chi connectivity index (χ2n) is 3.69. The first kappa shape index (κ1) is 12.2. The normalized spacial score (nSPS) is 10.4. The fraction of sp³-hybridized carbons (Fsp3) is 0.182. The molecule has 0 spiro atoms. The molecule has 0 bridgehead atoms. The van der Waals surface area contributed by atoms with Gasteiger partial charge in [0.05, 0.1) is 24.1 Å². The number of nitrogens with zero attached hydrogens (tertiary/aromatic N) is 3. The van der Waals surface area contributed by atoms with Crippen molar-refractivity contribution in [2.75, 3.05) is 11.1 Å². The number of nitrogen functional groups attached to an aromatic ring is 1. The Morgan fingerprint density at radius 3 is 2.67 bits per heavy atom. The Kier molecular flexibility index (Phi) is 3.31. The summed E-state index contributed by atoms with van der Waals surface area (Å²) in [6, 6.07) is 0.686. The number of anilines is 2. The second kappa shape index (κ2) is 4.91. The van der Waals surface area contributed by atoms with Crippen LogP contribution in [-0.4, -0.2) is 15.0 Å². The maximum Gasteiger partial charge on any atom is 0.168 e. The zero-order chi connectivity index (χ0) is 13.1. The molecule has 2 aromatic rings. The lowest BCUT2D eigenvalue weighted by Gasteiger charge is -2.07. The van der Waals surface area contributed by atoms with Crippen LogP contribution in [0, 0.1) is 18.6 Å².